The highest BCUT2D eigenvalue weighted by atomic mass is 32.2. The van der Waals surface area contributed by atoms with Crippen LogP contribution in [0.15, 0.2) is 0 Å². The molecule has 0 aliphatic rings. The zero-order valence-electron chi connectivity index (χ0n) is 7.31. The lowest BCUT2D eigenvalue weighted by molar-refractivity contribution is 0.165. The fraction of sp³-hybridized carbons (Fsp3) is 0.833. The molecule has 12 heavy (non-hydrogen) atoms. The maximum atomic E-state index is 11.1. The van der Waals surface area contributed by atoms with Crippen LogP contribution in [0.5, 0.6) is 0 Å². The third kappa shape index (κ3) is 2.37. The first-order valence-corrected chi connectivity index (χ1v) is 5.19. The number of nitrogens with zero attached hydrogens (tertiary/aromatic N) is 1. The summed E-state index contributed by atoms with van der Waals surface area (Å²) in [4.78, 5) is 10.5. The van der Waals surface area contributed by atoms with E-state index in [1.54, 1.807) is 0 Å². The normalized spacial score (nSPS) is 11.7. The molecule has 0 rings (SSSR count). The molecule has 0 aromatic carbocycles. The second kappa shape index (κ2) is 3.75. The lowest BCUT2D eigenvalue weighted by Gasteiger charge is -2.21. The van der Waals surface area contributed by atoms with Crippen LogP contribution in [0.3, 0.4) is 0 Å². The molecule has 0 atom stereocenters. The van der Waals surface area contributed by atoms with Crippen LogP contribution in [0, 0.1) is 0 Å². The second-order valence-electron chi connectivity index (χ2n) is 2.57. The lowest BCUT2D eigenvalue weighted by atomic mass is 10.4. The predicted molar refractivity (Wildman–Crippen MR) is 44.5 cm³/mol. The van der Waals surface area contributed by atoms with E-state index in [0.717, 1.165) is 0 Å². The van der Waals surface area contributed by atoms with Crippen molar-refractivity contribution in [3.8, 4) is 0 Å². The minimum absolute atomic E-state index is 0.197. The van der Waals surface area contributed by atoms with Gasteiger partial charge in [-0.3, -0.25) is 0 Å². The van der Waals surface area contributed by atoms with Gasteiger partial charge in [0.15, 0.2) is 0 Å². The van der Waals surface area contributed by atoms with Gasteiger partial charge < -0.3 is 5.11 Å². The van der Waals surface area contributed by atoms with Crippen LogP contribution in [0.2, 0.25) is 0 Å². The molecule has 1 amide bonds. The monoisotopic (exact) mass is 195 g/mol. The minimum Gasteiger partial charge on any atom is -0.464 e. The molecule has 0 spiro atoms. The SMILES string of the molecule is CCS(=O)(=O)N(C(=O)O)C(C)C. The number of hydrogen-bond donors (Lipinski definition) is 1. The molecule has 6 heteroatoms. The summed E-state index contributed by atoms with van der Waals surface area (Å²) in [6.45, 7) is 4.44. The van der Waals surface area contributed by atoms with Crippen molar-refractivity contribution >= 4 is 16.1 Å². The average Bonchev–Trinajstić information content (AvgIpc) is 1.84. The van der Waals surface area contributed by atoms with Crippen molar-refractivity contribution in [1.29, 1.82) is 0 Å². The summed E-state index contributed by atoms with van der Waals surface area (Å²) < 4.78 is 22.7. The van der Waals surface area contributed by atoms with E-state index >= 15 is 0 Å². The topological polar surface area (TPSA) is 74.7 Å². The lowest BCUT2D eigenvalue weighted by Crippen LogP contribution is -2.41. The fourth-order valence-corrected chi connectivity index (χ4v) is 1.96. The summed E-state index contributed by atoms with van der Waals surface area (Å²) in [6.07, 6.45) is -1.42. The largest absolute Gasteiger partial charge is 0.464 e. The van der Waals surface area contributed by atoms with Crippen molar-refractivity contribution in [3.05, 3.63) is 0 Å². The maximum absolute atomic E-state index is 11.1. The standard InChI is InChI=1S/C6H13NO4S/c1-4-12(10,11)7(5(2)3)6(8)9/h5H,4H2,1-3H3,(H,8,9). The molecule has 0 bridgehead atoms. The smallest absolute Gasteiger partial charge is 0.421 e. The van der Waals surface area contributed by atoms with Crippen molar-refractivity contribution in [2.24, 2.45) is 0 Å². The first-order chi connectivity index (χ1) is 5.33. The minimum atomic E-state index is -3.62. The zero-order valence-corrected chi connectivity index (χ0v) is 8.13. The van der Waals surface area contributed by atoms with Gasteiger partial charge in [-0.25, -0.2) is 17.5 Å². The van der Waals surface area contributed by atoms with Crippen LogP contribution in [0.4, 0.5) is 4.79 Å². The Balaban J connectivity index is 4.89. The molecule has 0 aromatic heterocycles. The number of carbonyl (C=O) groups is 1. The summed E-state index contributed by atoms with van der Waals surface area (Å²) in [6, 6.07) is -0.549. The van der Waals surface area contributed by atoms with E-state index < -0.39 is 22.2 Å². The van der Waals surface area contributed by atoms with Crippen LogP contribution in [-0.2, 0) is 10.0 Å². The Hall–Kier alpha value is -0.780. The molecule has 5 nitrogen and oxygen atoms in total. The first-order valence-electron chi connectivity index (χ1n) is 3.58. The molecule has 0 aliphatic carbocycles. The summed E-state index contributed by atoms with van der Waals surface area (Å²) in [5.74, 6) is -0.197. The van der Waals surface area contributed by atoms with E-state index in [1.807, 2.05) is 0 Å². The van der Waals surface area contributed by atoms with Gasteiger partial charge in [0.1, 0.15) is 0 Å². The zero-order chi connectivity index (χ0) is 9.94. The number of amides is 1. The molecule has 0 fully saturated rings. The van der Waals surface area contributed by atoms with E-state index in [9.17, 15) is 13.2 Å². The number of carboxylic acid groups (broad SMARTS) is 1. The number of hydrogen-bond acceptors (Lipinski definition) is 3. The molecule has 0 unspecified atom stereocenters. The summed E-state index contributed by atoms with van der Waals surface area (Å²) >= 11 is 0. The van der Waals surface area contributed by atoms with Crippen molar-refractivity contribution in [3.63, 3.8) is 0 Å². The van der Waals surface area contributed by atoms with Crippen molar-refractivity contribution < 1.29 is 18.3 Å². The van der Waals surface area contributed by atoms with Gasteiger partial charge in [-0.1, -0.05) is 0 Å². The molecular weight excluding hydrogens is 182 g/mol. The van der Waals surface area contributed by atoms with E-state index in [0.29, 0.717) is 4.31 Å². The van der Waals surface area contributed by atoms with E-state index in [1.165, 1.54) is 20.8 Å². The molecule has 1 N–H and O–H groups in total. The Morgan fingerprint density at radius 3 is 2.00 bits per heavy atom. The molecule has 0 heterocycles. The Morgan fingerprint density at radius 2 is 1.92 bits per heavy atom. The van der Waals surface area contributed by atoms with Gasteiger partial charge in [-0.05, 0) is 20.8 Å². The quantitative estimate of drug-likeness (QED) is 0.720. The van der Waals surface area contributed by atoms with Gasteiger partial charge in [0.05, 0.1) is 5.75 Å². The van der Waals surface area contributed by atoms with Crippen LogP contribution in [0.1, 0.15) is 20.8 Å². The predicted octanol–water partition coefficient (Wildman–Crippen LogP) is 0.725. The Kier molecular flexibility index (Phi) is 3.51. The van der Waals surface area contributed by atoms with Gasteiger partial charge in [0.25, 0.3) is 0 Å². The van der Waals surface area contributed by atoms with Crippen molar-refractivity contribution in [2.45, 2.75) is 26.8 Å². The van der Waals surface area contributed by atoms with Crippen molar-refractivity contribution in [1.82, 2.24) is 4.31 Å². The molecule has 0 saturated heterocycles. The molecule has 0 aromatic rings. The number of rotatable bonds is 3. The second-order valence-corrected chi connectivity index (χ2v) is 4.71. The summed E-state index contributed by atoms with van der Waals surface area (Å²) in [5.41, 5.74) is 0. The van der Waals surface area contributed by atoms with Crippen LogP contribution in [0.25, 0.3) is 0 Å². The Bertz CT molecular complexity index is 257. The molecule has 0 saturated carbocycles. The fourth-order valence-electron chi connectivity index (χ4n) is 0.800. The van der Waals surface area contributed by atoms with E-state index in [-0.39, 0.29) is 5.75 Å². The van der Waals surface area contributed by atoms with Gasteiger partial charge in [0, 0.05) is 6.04 Å². The molecule has 72 valence electrons. The highest BCUT2D eigenvalue weighted by molar-refractivity contribution is 7.89. The highest BCUT2D eigenvalue weighted by Crippen LogP contribution is 2.07. The van der Waals surface area contributed by atoms with Crippen LogP contribution < -0.4 is 0 Å². The molecule has 0 aliphatic heterocycles. The number of sulfonamides is 1. The summed E-state index contributed by atoms with van der Waals surface area (Å²) in [7, 11) is -3.62. The van der Waals surface area contributed by atoms with E-state index in [4.69, 9.17) is 5.11 Å². The Morgan fingerprint density at radius 1 is 1.50 bits per heavy atom. The summed E-state index contributed by atoms with van der Waals surface area (Å²) in [5, 5.41) is 8.56. The maximum Gasteiger partial charge on any atom is 0.421 e. The third-order valence-electron chi connectivity index (χ3n) is 1.32. The highest BCUT2D eigenvalue weighted by Gasteiger charge is 2.27. The molecular formula is C6H13NO4S. The van der Waals surface area contributed by atoms with Crippen LogP contribution >= 0.6 is 0 Å². The average molecular weight is 195 g/mol. The Labute approximate surface area is 72.0 Å². The van der Waals surface area contributed by atoms with Gasteiger partial charge in [0.2, 0.25) is 10.0 Å². The van der Waals surface area contributed by atoms with Crippen LogP contribution in [-0.4, -0.2) is 35.7 Å². The first kappa shape index (κ1) is 11.2. The van der Waals surface area contributed by atoms with Gasteiger partial charge in [-0.2, -0.15) is 0 Å². The third-order valence-corrected chi connectivity index (χ3v) is 3.23. The van der Waals surface area contributed by atoms with E-state index in [2.05, 4.69) is 0 Å². The van der Waals surface area contributed by atoms with Gasteiger partial charge >= 0.3 is 6.09 Å². The molecule has 0 radical (unpaired) electrons. The van der Waals surface area contributed by atoms with Crippen molar-refractivity contribution in [2.75, 3.05) is 5.75 Å². The van der Waals surface area contributed by atoms with Gasteiger partial charge in [-0.15, -0.1) is 0 Å².